The summed E-state index contributed by atoms with van der Waals surface area (Å²) >= 11 is 0. The molecule has 0 saturated heterocycles. The third-order valence-corrected chi connectivity index (χ3v) is 3.98. The van der Waals surface area contributed by atoms with Gasteiger partial charge in [-0.3, -0.25) is 4.79 Å². The van der Waals surface area contributed by atoms with Crippen molar-refractivity contribution in [3.8, 4) is 11.5 Å². The van der Waals surface area contributed by atoms with Crippen LogP contribution in [0.2, 0.25) is 0 Å². The molecule has 2 aromatic carbocycles. The number of benzene rings is 2. The van der Waals surface area contributed by atoms with E-state index in [0.717, 1.165) is 27.7 Å². The summed E-state index contributed by atoms with van der Waals surface area (Å²) in [5.41, 5.74) is 3.60. The summed E-state index contributed by atoms with van der Waals surface area (Å²) in [5, 5.41) is 0.945. The van der Waals surface area contributed by atoms with Gasteiger partial charge in [-0.1, -0.05) is 18.2 Å². The molecule has 0 fully saturated rings. The highest BCUT2D eigenvalue weighted by Crippen LogP contribution is 2.32. The number of ether oxygens (including phenoxy) is 3. The van der Waals surface area contributed by atoms with Crippen LogP contribution in [0.4, 0.5) is 0 Å². The van der Waals surface area contributed by atoms with E-state index in [2.05, 4.69) is 0 Å². The molecule has 0 atom stereocenters. The number of carbonyl (C=O) groups excluding carboxylic acids is 1. The fraction of sp³-hybridized carbons (Fsp3) is 0.211. The van der Waals surface area contributed by atoms with Crippen molar-refractivity contribution in [2.45, 2.75) is 20.0 Å². The molecule has 0 unspecified atom stereocenters. The lowest BCUT2D eigenvalue weighted by atomic mass is 10.1. The minimum atomic E-state index is -0.295. The number of esters is 1. The van der Waals surface area contributed by atoms with E-state index < -0.39 is 0 Å². The average Bonchev–Trinajstić information content (AvgIpc) is 3.19. The van der Waals surface area contributed by atoms with Gasteiger partial charge < -0.3 is 18.6 Å². The van der Waals surface area contributed by atoms with Gasteiger partial charge in [-0.15, -0.1) is 0 Å². The van der Waals surface area contributed by atoms with Crippen LogP contribution in [-0.4, -0.2) is 12.8 Å². The molecule has 0 spiro atoms. The normalized spacial score (nSPS) is 12.5. The maximum atomic E-state index is 12.1. The van der Waals surface area contributed by atoms with Crippen LogP contribution in [0.1, 0.15) is 16.7 Å². The second-order valence-electron chi connectivity index (χ2n) is 5.79. The molecule has 0 radical (unpaired) electrons. The van der Waals surface area contributed by atoms with Gasteiger partial charge in [-0.25, -0.2) is 0 Å². The molecule has 4 rings (SSSR count). The highest BCUT2D eigenvalue weighted by atomic mass is 16.7. The van der Waals surface area contributed by atoms with Crippen molar-refractivity contribution in [3.63, 3.8) is 0 Å². The Morgan fingerprint density at radius 1 is 1.12 bits per heavy atom. The molecule has 3 aromatic rings. The second kappa shape index (κ2) is 5.92. The first-order valence-corrected chi connectivity index (χ1v) is 7.70. The molecule has 0 aliphatic carbocycles. The van der Waals surface area contributed by atoms with Crippen LogP contribution in [-0.2, 0) is 22.6 Å². The predicted octanol–water partition coefficient (Wildman–Crippen LogP) is 3.76. The summed E-state index contributed by atoms with van der Waals surface area (Å²) in [4.78, 5) is 12.1. The number of furan rings is 1. The van der Waals surface area contributed by atoms with Gasteiger partial charge in [0.05, 0.1) is 12.7 Å². The average molecular weight is 324 g/mol. The third-order valence-electron chi connectivity index (χ3n) is 3.98. The van der Waals surface area contributed by atoms with E-state index in [9.17, 15) is 4.79 Å². The number of rotatable bonds is 4. The third kappa shape index (κ3) is 2.80. The summed E-state index contributed by atoms with van der Waals surface area (Å²) in [6.07, 6.45) is 1.80. The SMILES string of the molecule is Cc1ccc2c(CC(=O)OCc3ccc4c(c3)OCO4)coc2c1. The van der Waals surface area contributed by atoms with Gasteiger partial charge in [0.15, 0.2) is 11.5 Å². The molecule has 1 aliphatic heterocycles. The van der Waals surface area contributed by atoms with Crippen LogP contribution in [0.3, 0.4) is 0 Å². The van der Waals surface area contributed by atoms with Gasteiger partial charge in [0.25, 0.3) is 0 Å². The van der Waals surface area contributed by atoms with Crippen molar-refractivity contribution in [1.82, 2.24) is 0 Å². The van der Waals surface area contributed by atoms with Gasteiger partial charge >= 0.3 is 5.97 Å². The van der Waals surface area contributed by atoms with E-state index in [0.29, 0.717) is 11.5 Å². The molecular formula is C19H16O5. The Labute approximate surface area is 138 Å². The molecule has 2 heterocycles. The molecule has 0 bridgehead atoms. The summed E-state index contributed by atoms with van der Waals surface area (Å²) < 4.78 is 21.4. The summed E-state index contributed by atoms with van der Waals surface area (Å²) in [6.45, 7) is 2.43. The lowest BCUT2D eigenvalue weighted by Crippen LogP contribution is -2.07. The van der Waals surface area contributed by atoms with E-state index in [-0.39, 0.29) is 25.8 Å². The van der Waals surface area contributed by atoms with Crippen LogP contribution in [0.15, 0.2) is 47.1 Å². The van der Waals surface area contributed by atoms with E-state index in [1.807, 2.05) is 43.3 Å². The number of aryl methyl sites for hydroxylation is 1. The molecule has 24 heavy (non-hydrogen) atoms. The van der Waals surface area contributed by atoms with Gasteiger partial charge in [0, 0.05) is 10.9 Å². The van der Waals surface area contributed by atoms with Gasteiger partial charge in [-0.2, -0.15) is 0 Å². The first kappa shape index (κ1) is 14.6. The van der Waals surface area contributed by atoms with Crippen molar-refractivity contribution < 1.29 is 23.4 Å². The van der Waals surface area contributed by atoms with Crippen molar-refractivity contribution in [2.75, 3.05) is 6.79 Å². The second-order valence-corrected chi connectivity index (χ2v) is 5.79. The molecular weight excluding hydrogens is 308 g/mol. The van der Waals surface area contributed by atoms with Crippen LogP contribution in [0.5, 0.6) is 11.5 Å². The zero-order valence-corrected chi connectivity index (χ0v) is 13.2. The molecule has 5 nitrogen and oxygen atoms in total. The Morgan fingerprint density at radius 2 is 2.00 bits per heavy atom. The molecule has 5 heteroatoms. The Bertz CT molecular complexity index is 909. The zero-order chi connectivity index (χ0) is 16.5. The Hall–Kier alpha value is -2.95. The minimum absolute atomic E-state index is 0.181. The number of hydrogen-bond acceptors (Lipinski definition) is 5. The van der Waals surface area contributed by atoms with Gasteiger partial charge in [-0.05, 0) is 36.2 Å². The topological polar surface area (TPSA) is 57.9 Å². The largest absolute Gasteiger partial charge is 0.464 e. The molecule has 1 aromatic heterocycles. The van der Waals surface area contributed by atoms with Crippen molar-refractivity contribution >= 4 is 16.9 Å². The summed E-state index contributed by atoms with van der Waals surface area (Å²) in [7, 11) is 0. The standard InChI is InChI=1S/C19H16O5/c1-12-2-4-15-14(10-21-17(15)6-12)8-19(20)22-9-13-3-5-16-18(7-13)24-11-23-16/h2-7,10H,8-9,11H2,1H3. The first-order chi connectivity index (χ1) is 11.7. The van der Waals surface area contributed by atoms with Crippen LogP contribution in [0.25, 0.3) is 11.0 Å². The molecule has 0 amide bonds. The lowest BCUT2D eigenvalue weighted by Gasteiger charge is -2.05. The molecule has 0 saturated carbocycles. The monoisotopic (exact) mass is 324 g/mol. The van der Waals surface area contributed by atoms with Crippen molar-refractivity contribution in [3.05, 3.63) is 59.4 Å². The fourth-order valence-corrected chi connectivity index (χ4v) is 2.73. The maximum Gasteiger partial charge on any atom is 0.310 e. The Balaban J connectivity index is 1.41. The van der Waals surface area contributed by atoms with Gasteiger partial charge in [0.2, 0.25) is 6.79 Å². The Kier molecular flexibility index (Phi) is 3.61. The Morgan fingerprint density at radius 3 is 2.92 bits per heavy atom. The van der Waals surface area contributed by atoms with Crippen LogP contribution in [0, 0.1) is 6.92 Å². The van der Waals surface area contributed by atoms with Crippen molar-refractivity contribution in [2.24, 2.45) is 0 Å². The van der Waals surface area contributed by atoms with E-state index in [1.54, 1.807) is 6.26 Å². The quantitative estimate of drug-likeness (QED) is 0.684. The van der Waals surface area contributed by atoms with E-state index >= 15 is 0 Å². The van der Waals surface area contributed by atoms with E-state index in [4.69, 9.17) is 18.6 Å². The van der Waals surface area contributed by atoms with Gasteiger partial charge in [0.1, 0.15) is 12.2 Å². The molecule has 122 valence electrons. The number of hydrogen-bond donors (Lipinski definition) is 0. The number of carbonyl (C=O) groups is 1. The fourth-order valence-electron chi connectivity index (χ4n) is 2.73. The molecule has 1 aliphatic rings. The first-order valence-electron chi connectivity index (χ1n) is 7.70. The highest BCUT2D eigenvalue weighted by Gasteiger charge is 2.15. The van der Waals surface area contributed by atoms with Crippen LogP contribution >= 0.6 is 0 Å². The number of fused-ring (bicyclic) bond motifs is 2. The summed E-state index contributed by atoms with van der Waals surface area (Å²) in [6, 6.07) is 11.4. The van der Waals surface area contributed by atoms with Crippen LogP contribution < -0.4 is 9.47 Å². The predicted molar refractivity (Wildman–Crippen MR) is 87.0 cm³/mol. The lowest BCUT2D eigenvalue weighted by molar-refractivity contribution is -0.144. The van der Waals surface area contributed by atoms with Crippen molar-refractivity contribution in [1.29, 1.82) is 0 Å². The van der Waals surface area contributed by atoms with E-state index in [1.165, 1.54) is 0 Å². The smallest absolute Gasteiger partial charge is 0.310 e. The summed E-state index contributed by atoms with van der Waals surface area (Å²) in [5.74, 6) is 1.10. The zero-order valence-electron chi connectivity index (χ0n) is 13.2. The maximum absolute atomic E-state index is 12.1. The molecule has 0 N–H and O–H groups in total. The highest BCUT2D eigenvalue weighted by molar-refractivity contribution is 5.86. The minimum Gasteiger partial charge on any atom is -0.464 e.